The summed E-state index contributed by atoms with van der Waals surface area (Å²) in [6, 6.07) is 0.855. The lowest BCUT2D eigenvalue weighted by Crippen LogP contribution is -2.31. The predicted octanol–water partition coefficient (Wildman–Crippen LogP) is 0.819. The van der Waals surface area contributed by atoms with Gasteiger partial charge < -0.3 is 5.32 Å². The van der Waals surface area contributed by atoms with E-state index in [1.165, 1.54) is 0 Å². The Kier molecular flexibility index (Phi) is 2.16. The molecule has 9 heavy (non-hydrogen) atoms. The largest absolute Gasteiger partial charge is 0.310 e. The summed E-state index contributed by atoms with van der Waals surface area (Å²) in [5.41, 5.74) is 0. The van der Waals surface area contributed by atoms with Crippen LogP contribution in [0.2, 0.25) is 0 Å². The van der Waals surface area contributed by atoms with E-state index in [1.807, 2.05) is 0 Å². The fraction of sp³-hybridized carbons (Fsp3) is 1.00. The second kappa shape index (κ2) is 2.92. The number of azo groups is 1. The molecule has 0 aromatic rings. The van der Waals surface area contributed by atoms with Crippen molar-refractivity contribution in [3.05, 3.63) is 0 Å². The molecule has 0 aliphatic carbocycles. The molecule has 3 nitrogen and oxygen atoms in total. The lowest BCUT2D eigenvalue weighted by Gasteiger charge is -2.06. The van der Waals surface area contributed by atoms with Crippen LogP contribution in [0.1, 0.15) is 13.8 Å². The van der Waals surface area contributed by atoms with E-state index in [1.54, 1.807) is 0 Å². The number of hydrogen-bond acceptors (Lipinski definition) is 3. The highest BCUT2D eigenvalue weighted by Crippen LogP contribution is 1.96. The Hall–Kier alpha value is -0.440. The topological polar surface area (TPSA) is 36.8 Å². The molecule has 0 saturated carbocycles. The van der Waals surface area contributed by atoms with Crippen molar-refractivity contribution in [2.24, 2.45) is 10.2 Å². The van der Waals surface area contributed by atoms with Gasteiger partial charge in [-0.15, -0.1) is 0 Å². The van der Waals surface area contributed by atoms with Crippen LogP contribution < -0.4 is 5.32 Å². The maximum Gasteiger partial charge on any atom is 0.0804 e. The second-order valence-electron chi connectivity index (χ2n) is 2.60. The molecule has 0 amide bonds. The van der Waals surface area contributed by atoms with Gasteiger partial charge in [0.25, 0.3) is 0 Å². The normalized spacial score (nSPS) is 36.2. The van der Waals surface area contributed by atoms with Crippen molar-refractivity contribution >= 4 is 0 Å². The van der Waals surface area contributed by atoms with Crippen LogP contribution in [0.5, 0.6) is 0 Å². The third-order valence-corrected chi connectivity index (χ3v) is 1.40. The van der Waals surface area contributed by atoms with Crippen LogP contribution in [-0.4, -0.2) is 25.2 Å². The molecule has 1 N–H and O–H groups in total. The first-order valence-corrected chi connectivity index (χ1v) is 3.39. The number of nitrogens with zero attached hydrogens (tertiary/aromatic N) is 2. The van der Waals surface area contributed by atoms with Crippen LogP contribution in [0.3, 0.4) is 0 Å². The molecule has 0 bridgehead atoms. The first-order chi connectivity index (χ1) is 4.29. The summed E-state index contributed by atoms with van der Waals surface area (Å²) < 4.78 is 0. The molecule has 0 radical (unpaired) electrons. The van der Waals surface area contributed by atoms with Gasteiger partial charge in [-0.3, -0.25) is 0 Å². The van der Waals surface area contributed by atoms with E-state index in [9.17, 15) is 0 Å². The van der Waals surface area contributed by atoms with E-state index in [-0.39, 0.29) is 0 Å². The minimum absolute atomic E-state index is 0.356. The summed E-state index contributed by atoms with van der Waals surface area (Å²) in [5, 5.41) is 11.3. The van der Waals surface area contributed by atoms with E-state index in [0.717, 1.165) is 13.1 Å². The average molecular weight is 127 g/mol. The van der Waals surface area contributed by atoms with Gasteiger partial charge in [0.15, 0.2) is 0 Å². The van der Waals surface area contributed by atoms with Crippen molar-refractivity contribution < 1.29 is 0 Å². The van der Waals surface area contributed by atoms with E-state index < -0.39 is 0 Å². The Bertz CT molecular complexity index is 111. The predicted molar refractivity (Wildman–Crippen MR) is 36.6 cm³/mol. The molecule has 1 rings (SSSR count). The van der Waals surface area contributed by atoms with Crippen molar-refractivity contribution in [3.8, 4) is 0 Å². The van der Waals surface area contributed by atoms with Crippen LogP contribution >= 0.6 is 0 Å². The monoisotopic (exact) mass is 127 g/mol. The zero-order valence-electron chi connectivity index (χ0n) is 5.96. The van der Waals surface area contributed by atoms with Crippen LogP contribution in [0, 0.1) is 0 Å². The van der Waals surface area contributed by atoms with Crippen LogP contribution in [0.4, 0.5) is 0 Å². The summed E-state index contributed by atoms with van der Waals surface area (Å²) in [4.78, 5) is 0. The Labute approximate surface area is 55.6 Å². The lowest BCUT2D eigenvalue weighted by atomic mass is 10.3. The smallest absolute Gasteiger partial charge is 0.0804 e. The zero-order chi connectivity index (χ0) is 6.69. The molecule has 1 aliphatic heterocycles. The summed E-state index contributed by atoms with van der Waals surface area (Å²) in [7, 11) is 0. The van der Waals surface area contributed by atoms with Crippen molar-refractivity contribution in [1.29, 1.82) is 0 Å². The fourth-order valence-corrected chi connectivity index (χ4v) is 0.786. The van der Waals surface area contributed by atoms with Crippen molar-refractivity contribution in [1.82, 2.24) is 5.32 Å². The van der Waals surface area contributed by atoms with E-state index in [2.05, 4.69) is 29.4 Å². The molecule has 0 saturated heterocycles. The van der Waals surface area contributed by atoms with Gasteiger partial charge in [0, 0.05) is 12.6 Å². The third kappa shape index (κ3) is 2.10. The van der Waals surface area contributed by atoms with Gasteiger partial charge in [-0.25, -0.2) is 0 Å². The number of nitrogens with one attached hydrogen (secondary N) is 1. The van der Waals surface area contributed by atoms with Gasteiger partial charge in [0.2, 0.25) is 0 Å². The standard InChI is InChI=1S/C6H13N3/c1-5-4-8-9-6(2)3-7-5/h5-7H,3-4H2,1-2H3/t5?,6-/m1/s1. The maximum atomic E-state index is 4.04. The molecular weight excluding hydrogens is 114 g/mol. The summed E-state index contributed by atoms with van der Waals surface area (Å²) >= 11 is 0. The van der Waals surface area contributed by atoms with Gasteiger partial charge in [0.1, 0.15) is 0 Å². The maximum absolute atomic E-state index is 4.04. The van der Waals surface area contributed by atoms with Gasteiger partial charge in [-0.05, 0) is 13.8 Å². The Morgan fingerprint density at radius 2 is 2.22 bits per heavy atom. The summed E-state index contributed by atoms with van der Waals surface area (Å²) in [6.45, 7) is 5.97. The first kappa shape index (κ1) is 6.68. The Morgan fingerprint density at radius 3 is 3.00 bits per heavy atom. The highest BCUT2D eigenvalue weighted by molar-refractivity contribution is 4.71. The molecule has 1 aliphatic rings. The molecule has 1 heterocycles. The van der Waals surface area contributed by atoms with Crippen molar-refractivity contribution in [3.63, 3.8) is 0 Å². The molecule has 0 spiro atoms. The zero-order valence-corrected chi connectivity index (χ0v) is 5.96. The SMILES string of the molecule is CC1CN=N[C@H](C)CN1. The van der Waals surface area contributed by atoms with Crippen molar-refractivity contribution in [2.75, 3.05) is 13.1 Å². The molecule has 52 valence electrons. The molecule has 0 aromatic carbocycles. The average Bonchev–Trinajstić information content (AvgIpc) is 1.97. The van der Waals surface area contributed by atoms with Crippen LogP contribution in [0.25, 0.3) is 0 Å². The van der Waals surface area contributed by atoms with Gasteiger partial charge in [0.05, 0.1) is 12.6 Å². The van der Waals surface area contributed by atoms with Gasteiger partial charge in [-0.1, -0.05) is 0 Å². The molecular formula is C6H13N3. The van der Waals surface area contributed by atoms with Gasteiger partial charge in [-0.2, -0.15) is 10.2 Å². The van der Waals surface area contributed by atoms with E-state index in [0.29, 0.717) is 12.1 Å². The minimum Gasteiger partial charge on any atom is -0.310 e. The molecule has 1 unspecified atom stereocenters. The summed E-state index contributed by atoms with van der Waals surface area (Å²) in [5.74, 6) is 0. The minimum atomic E-state index is 0.356. The Balaban J connectivity index is 2.39. The van der Waals surface area contributed by atoms with E-state index >= 15 is 0 Å². The highest BCUT2D eigenvalue weighted by Gasteiger charge is 2.06. The van der Waals surface area contributed by atoms with Gasteiger partial charge >= 0.3 is 0 Å². The highest BCUT2D eigenvalue weighted by atomic mass is 15.2. The van der Waals surface area contributed by atoms with Crippen LogP contribution in [-0.2, 0) is 0 Å². The lowest BCUT2D eigenvalue weighted by molar-refractivity contribution is 0.559. The molecule has 3 heteroatoms. The molecule has 0 fully saturated rings. The number of hydrogen-bond donors (Lipinski definition) is 1. The Morgan fingerprint density at radius 1 is 1.44 bits per heavy atom. The molecule has 0 aromatic heterocycles. The summed E-state index contributed by atoms with van der Waals surface area (Å²) in [6.07, 6.45) is 0. The second-order valence-corrected chi connectivity index (χ2v) is 2.60. The first-order valence-electron chi connectivity index (χ1n) is 3.39. The molecule has 2 atom stereocenters. The number of rotatable bonds is 0. The quantitative estimate of drug-likeness (QED) is 0.514. The van der Waals surface area contributed by atoms with E-state index in [4.69, 9.17) is 0 Å². The van der Waals surface area contributed by atoms with Crippen molar-refractivity contribution in [2.45, 2.75) is 25.9 Å². The van der Waals surface area contributed by atoms with Crippen LogP contribution in [0.15, 0.2) is 10.2 Å². The third-order valence-electron chi connectivity index (χ3n) is 1.40. The fourth-order valence-electron chi connectivity index (χ4n) is 0.786.